The van der Waals surface area contributed by atoms with Gasteiger partial charge >= 0.3 is 0 Å². The van der Waals surface area contributed by atoms with Crippen LogP contribution in [0.25, 0.3) is 22.2 Å². The van der Waals surface area contributed by atoms with Crippen molar-refractivity contribution in [3.8, 4) is 17.1 Å². The van der Waals surface area contributed by atoms with Gasteiger partial charge in [0.05, 0.1) is 29.6 Å². The molecule has 0 atom stereocenters. The fraction of sp³-hybridized carbons (Fsp3) is 0.133. The van der Waals surface area contributed by atoms with Crippen LogP contribution in [0.1, 0.15) is 0 Å². The van der Waals surface area contributed by atoms with Crippen molar-refractivity contribution in [3.63, 3.8) is 0 Å². The van der Waals surface area contributed by atoms with E-state index in [1.165, 1.54) is 25.4 Å². The minimum Gasteiger partial charge on any atom is -0.480 e. The molecule has 0 bridgehead atoms. The highest BCUT2D eigenvalue weighted by molar-refractivity contribution is 7.92. The summed E-state index contributed by atoms with van der Waals surface area (Å²) in [5.74, 6) is -0.515. The first-order valence-electron chi connectivity index (χ1n) is 7.02. The molecule has 2 heterocycles. The molecule has 2 aromatic heterocycles. The maximum absolute atomic E-state index is 13.8. The number of halogens is 3. The molecule has 1 N–H and O–H groups in total. The number of aromatic nitrogens is 3. The third-order valence-electron chi connectivity index (χ3n) is 3.30. The molecule has 0 fully saturated rings. The van der Waals surface area contributed by atoms with Gasteiger partial charge < -0.3 is 4.74 Å². The van der Waals surface area contributed by atoms with Gasteiger partial charge in [0.15, 0.2) is 0 Å². The minimum atomic E-state index is -3.58. The first kappa shape index (κ1) is 18.6. The quantitative estimate of drug-likeness (QED) is 0.653. The second kappa shape index (κ2) is 6.82. The summed E-state index contributed by atoms with van der Waals surface area (Å²) in [6.07, 6.45) is 2.38. The fourth-order valence-electron chi connectivity index (χ4n) is 2.37. The average molecular weight is 417 g/mol. The topological polar surface area (TPSA) is 94.1 Å². The van der Waals surface area contributed by atoms with Crippen molar-refractivity contribution in [1.29, 1.82) is 0 Å². The van der Waals surface area contributed by atoms with E-state index >= 15 is 0 Å². The van der Waals surface area contributed by atoms with E-state index in [0.29, 0.717) is 10.9 Å². The second-order valence-electron chi connectivity index (χ2n) is 5.28. The average Bonchev–Trinajstić information content (AvgIpc) is 2.53. The Labute approximate surface area is 158 Å². The number of pyridine rings is 1. The zero-order valence-corrected chi connectivity index (χ0v) is 15.7. The number of nitrogens with zero attached hydrogens (tertiary/aromatic N) is 3. The molecular formula is C15H11Cl2FN4O3S. The number of methoxy groups -OCH3 is 1. The third kappa shape index (κ3) is 3.79. The van der Waals surface area contributed by atoms with Gasteiger partial charge in [0.25, 0.3) is 0 Å². The lowest BCUT2D eigenvalue weighted by atomic mass is 10.1. The van der Waals surface area contributed by atoms with Crippen LogP contribution in [0.2, 0.25) is 10.3 Å². The van der Waals surface area contributed by atoms with E-state index in [9.17, 15) is 12.8 Å². The number of anilines is 1. The van der Waals surface area contributed by atoms with Gasteiger partial charge in [-0.25, -0.2) is 27.8 Å². The van der Waals surface area contributed by atoms with Crippen molar-refractivity contribution in [1.82, 2.24) is 15.0 Å². The Kier molecular flexibility index (Phi) is 4.87. The van der Waals surface area contributed by atoms with Crippen LogP contribution >= 0.6 is 23.2 Å². The highest BCUT2D eigenvalue weighted by atomic mass is 35.5. The van der Waals surface area contributed by atoms with Crippen molar-refractivity contribution in [3.05, 3.63) is 40.5 Å². The molecule has 0 aliphatic heterocycles. The highest BCUT2D eigenvalue weighted by Crippen LogP contribution is 2.34. The van der Waals surface area contributed by atoms with Crippen LogP contribution < -0.4 is 9.46 Å². The van der Waals surface area contributed by atoms with E-state index in [1.807, 2.05) is 0 Å². The molecule has 0 unspecified atom stereocenters. The molecule has 0 amide bonds. The normalized spacial score (nSPS) is 11.6. The molecule has 0 radical (unpaired) electrons. The fourth-order valence-corrected chi connectivity index (χ4v) is 3.33. The predicted octanol–water partition coefficient (Wildman–Crippen LogP) is 3.52. The van der Waals surface area contributed by atoms with Gasteiger partial charge in [0.1, 0.15) is 11.5 Å². The van der Waals surface area contributed by atoms with Crippen LogP contribution in [0.5, 0.6) is 5.88 Å². The Morgan fingerprint density at radius 2 is 1.92 bits per heavy atom. The number of rotatable bonds is 4. The van der Waals surface area contributed by atoms with Crippen molar-refractivity contribution in [2.45, 2.75) is 0 Å². The summed E-state index contributed by atoms with van der Waals surface area (Å²) in [5.41, 5.74) is 0.968. The van der Waals surface area contributed by atoms with E-state index in [0.717, 1.165) is 12.3 Å². The zero-order chi connectivity index (χ0) is 19.1. The monoisotopic (exact) mass is 416 g/mol. The Morgan fingerprint density at radius 1 is 1.19 bits per heavy atom. The summed E-state index contributed by atoms with van der Waals surface area (Å²) in [6, 6.07) is 3.77. The molecule has 136 valence electrons. The molecule has 3 rings (SSSR count). The molecule has 11 heteroatoms. The maximum atomic E-state index is 13.8. The summed E-state index contributed by atoms with van der Waals surface area (Å²) < 4.78 is 44.3. The number of ether oxygens (including phenoxy) is 1. The number of benzene rings is 1. The van der Waals surface area contributed by atoms with Crippen molar-refractivity contribution < 1.29 is 17.5 Å². The largest absolute Gasteiger partial charge is 0.480 e. The van der Waals surface area contributed by atoms with Gasteiger partial charge in [-0.3, -0.25) is 4.72 Å². The van der Waals surface area contributed by atoms with Gasteiger partial charge in [-0.15, -0.1) is 0 Å². The van der Waals surface area contributed by atoms with Crippen molar-refractivity contribution >= 4 is 49.8 Å². The zero-order valence-electron chi connectivity index (χ0n) is 13.4. The smallest absolute Gasteiger partial charge is 0.238 e. The van der Waals surface area contributed by atoms with Crippen LogP contribution in [-0.2, 0) is 10.0 Å². The Morgan fingerprint density at radius 3 is 2.58 bits per heavy atom. The number of hydrogen-bond acceptors (Lipinski definition) is 6. The summed E-state index contributed by atoms with van der Waals surface area (Å²) in [6.45, 7) is 0. The van der Waals surface area contributed by atoms with Crippen LogP contribution in [-0.4, -0.2) is 36.7 Å². The summed E-state index contributed by atoms with van der Waals surface area (Å²) in [7, 11) is -2.23. The standard InChI is InChI=1S/C15H11Cl2FN4O3S/c1-25-14-11(22-26(2,23)24)3-7(6-19-14)12-9-4-8(18)5-10(16)13(9)21-15(17)20-12/h3-6,22H,1-2H3. The van der Waals surface area contributed by atoms with E-state index in [2.05, 4.69) is 19.7 Å². The molecule has 7 nitrogen and oxygen atoms in total. The summed E-state index contributed by atoms with van der Waals surface area (Å²) >= 11 is 12.0. The molecule has 0 aliphatic carbocycles. The molecule has 0 spiro atoms. The first-order valence-corrected chi connectivity index (χ1v) is 9.67. The van der Waals surface area contributed by atoms with Crippen molar-refractivity contribution in [2.75, 3.05) is 18.1 Å². The molecule has 3 aromatic rings. The minimum absolute atomic E-state index is 0.0628. The maximum Gasteiger partial charge on any atom is 0.238 e. The molecule has 0 saturated heterocycles. The van der Waals surface area contributed by atoms with E-state index in [-0.39, 0.29) is 33.1 Å². The van der Waals surface area contributed by atoms with Crippen LogP contribution in [0.3, 0.4) is 0 Å². The number of sulfonamides is 1. The second-order valence-corrected chi connectivity index (χ2v) is 7.77. The highest BCUT2D eigenvalue weighted by Gasteiger charge is 2.17. The summed E-state index contributed by atoms with van der Waals surface area (Å²) in [5, 5.41) is 0.271. The van der Waals surface area contributed by atoms with Gasteiger partial charge in [-0.05, 0) is 29.8 Å². The molecule has 26 heavy (non-hydrogen) atoms. The van der Waals surface area contributed by atoms with Crippen LogP contribution in [0, 0.1) is 5.82 Å². The number of nitrogens with one attached hydrogen (secondary N) is 1. The number of hydrogen-bond donors (Lipinski definition) is 1. The predicted molar refractivity (Wildman–Crippen MR) is 97.8 cm³/mol. The van der Waals surface area contributed by atoms with Crippen molar-refractivity contribution in [2.24, 2.45) is 0 Å². The van der Waals surface area contributed by atoms with E-state index < -0.39 is 15.8 Å². The Balaban J connectivity index is 2.28. The van der Waals surface area contributed by atoms with Gasteiger partial charge in [-0.1, -0.05) is 11.6 Å². The lowest BCUT2D eigenvalue weighted by Gasteiger charge is -2.12. The van der Waals surface area contributed by atoms with Crippen LogP contribution in [0.4, 0.5) is 10.1 Å². The SMILES string of the molecule is COc1ncc(-c2nc(Cl)nc3c(Cl)cc(F)cc23)cc1NS(C)(=O)=O. The summed E-state index contributed by atoms with van der Waals surface area (Å²) in [4.78, 5) is 12.2. The molecule has 0 aliphatic rings. The first-order chi connectivity index (χ1) is 12.2. The van der Waals surface area contributed by atoms with E-state index in [1.54, 1.807) is 0 Å². The third-order valence-corrected chi connectivity index (χ3v) is 4.35. The van der Waals surface area contributed by atoms with Gasteiger partial charge in [0, 0.05) is 17.1 Å². The lowest BCUT2D eigenvalue weighted by molar-refractivity contribution is 0.400. The Hall–Kier alpha value is -2.23. The lowest BCUT2D eigenvalue weighted by Crippen LogP contribution is -2.11. The molecule has 0 saturated carbocycles. The van der Waals surface area contributed by atoms with E-state index in [4.69, 9.17) is 27.9 Å². The molecular weight excluding hydrogens is 406 g/mol. The van der Waals surface area contributed by atoms with Crippen LogP contribution in [0.15, 0.2) is 24.4 Å². The van der Waals surface area contributed by atoms with Gasteiger partial charge in [-0.2, -0.15) is 0 Å². The van der Waals surface area contributed by atoms with Gasteiger partial charge in [0.2, 0.25) is 21.2 Å². The molecule has 1 aromatic carbocycles. The number of fused-ring (bicyclic) bond motifs is 1. The Bertz CT molecular complexity index is 1130.